The molecule has 0 radical (unpaired) electrons. The molecule has 0 aromatic heterocycles. The van der Waals surface area contributed by atoms with E-state index in [0.717, 1.165) is 0 Å². The lowest BCUT2D eigenvalue weighted by molar-refractivity contribution is -0.138. The highest BCUT2D eigenvalue weighted by atomic mass is 16.5. The number of ether oxygens (including phenoxy) is 1. The summed E-state index contributed by atoms with van der Waals surface area (Å²) >= 11 is 0. The summed E-state index contributed by atoms with van der Waals surface area (Å²) in [5.74, 6) is -0.631. The van der Waals surface area contributed by atoms with Crippen molar-refractivity contribution < 1.29 is 9.53 Å². The van der Waals surface area contributed by atoms with Crippen molar-refractivity contribution in [2.24, 2.45) is 0 Å². The summed E-state index contributed by atoms with van der Waals surface area (Å²) in [4.78, 5) is 11.0. The fraction of sp³-hybridized carbons (Fsp3) is 0.200. The zero-order chi connectivity index (χ0) is 10.3. The topological polar surface area (TPSA) is 50.1 Å². The van der Waals surface area contributed by atoms with Gasteiger partial charge in [0.25, 0.3) is 0 Å². The van der Waals surface area contributed by atoms with E-state index in [1.165, 1.54) is 12.2 Å². The van der Waals surface area contributed by atoms with Crippen LogP contribution in [0.5, 0.6) is 0 Å². The Kier molecular flexibility index (Phi) is 4.97. The van der Waals surface area contributed by atoms with Gasteiger partial charge in [-0.15, -0.1) is 0 Å². The average molecular weight is 177 g/mol. The summed E-state index contributed by atoms with van der Waals surface area (Å²) in [6, 6.07) is 1.73. The van der Waals surface area contributed by atoms with Crippen molar-refractivity contribution >= 4 is 5.97 Å². The van der Waals surface area contributed by atoms with E-state index >= 15 is 0 Å². The van der Waals surface area contributed by atoms with Gasteiger partial charge >= 0.3 is 5.97 Å². The van der Waals surface area contributed by atoms with Crippen LogP contribution in [0, 0.1) is 11.3 Å². The van der Waals surface area contributed by atoms with Crippen molar-refractivity contribution in [2.45, 2.75) is 6.92 Å². The van der Waals surface area contributed by atoms with Gasteiger partial charge in [0, 0.05) is 0 Å². The van der Waals surface area contributed by atoms with Crippen molar-refractivity contribution in [3.63, 3.8) is 0 Å². The van der Waals surface area contributed by atoms with Gasteiger partial charge in [-0.2, -0.15) is 5.26 Å². The molecule has 0 unspecified atom stereocenters. The molecular weight excluding hydrogens is 166 g/mol. The number of carbonyl (C=O) groups is 1. The first-order valence-electron chi connectivity index (χ1n) is 3.76. The van der Waals surface area contributed by atoms with Gasteiger partial charge in [0.1, 0.15) is 11.6 Å². The Labute approximate surface area is 77.6 Å². The van der Waals surface area contributed by atoms with Gasteiger partial charge in [0.05, 0.1) is 6.61 Å². The van der Waals surface area contributed by atoms with Crippen LogP contribution in [0.1, 0.15) is 6.92 Å². The van der Waals surface area contributed by atoms with Crippen LogP contribution in [-0.4, -0.2) is 12.6 Å². The van der Waals surface area contributed by atoms with E-state index in [4.69, 9.17) is 5.26 Å². The first-order valence-corrected chi connectivity index (χ1v) is 3.76. The number of allylic oxidation sites excluding steroid dienone is 3. The van der Waals surface area contributed by atoms with Crippen LogP contribution in [0.2, 0.25) is 0 Å². The molecule has 0 heterocycles. The van der Waals surface area contributed by atoms with Crippen LogP contribution >= 0.6 is 0 Å². The molecule has 0 rings (SSSR count). The third kappa shape index (κ3) is 3.92. The fourth-order valence-corrected chi connectivity index (χ4v) is 0.590. The van der Waals surface area contributed by atoms with E-state index in [2.05, 4.69) is 17.9 Å². The quantitative estimate of drug-likeness (QED) is 0.284. The molecule has 0 aromatic rings. The van der Waals surface area contributed by atoms with Crippen molar-refractivity contribution in [3.05, 3.63) is 36.5 Å². The predicted molar refractivity (Wildman–Crippen MR) is 49.7 cm³/mol. The van der Waals surface area contributed by atoms with Crippen molar-refractivity contribution in [3.8, 4) is 6.07 Å². The van der Waals surface area contributed by atoms with Gasteiger partial charge in [-0.25, -0.2) is 4.79 Å². The van der Waals surface area contributed by atoms with Gasteiger partial charge < -0.3 is 4.74 Å². The zero-order valence-electron chi connectivity index (χ0n) is 7.54. The third-order valence-electron chi connectivity index (χ3n) is 1.21. The monoisotopic (exact) mass is 177 g/mol. The van der Waals surface area contributed by atoms with E-state index < -0.39 is 5.97 Å². The molecule has 0 N–H and O–H groups in total. The Bertz CT molecular complexity index is 295. The van der Waals surface area contributed by atoms with Crippen LogP contribution in [0.3, 0.4) is 0 Å². The van der Waals surface area contributed by atoms with E-state index in [0.29, 0.717) is 5.57 Å². The number of nitrogens with zero attached hydrogens (tertiary/aromatic N) is 1. The SMILES string of the molecule is C=CC(=C)C=C(C#N)C(=O)OCC. The second kappa shape index (κ2) is 5.78. The molecule has 3 heteroatoms. The van der Waals surface area contributed by atoms with Crippen molar-refractivity contribution in [2.75, 3.05) is 6.61 Å². The number of carbonyl (C=O) groups excluding carboxylic acids is 1. The Morgan fingerprint density at radius 1 is 1.69 bits per heavy atom. The fourth-order valence-electron chi connectivity index (χ4n) is 0.590. The minimum atomic E-state index is -0.631. The molecule has 0 aliphatic heterocycles. The Morgan fingerprint density at radius 2 is 2.31 bits per heavy atom. The summed E-state index contributed by atoms with van der Waals surface area (Å²) < 4.78 is 4.64. The molecule has 0 spiro atoms. The second-order valence-corrected chi connectivity index (χ2v) is 2.17. The number of hydrogen-bond donors (Lipinski definition) is 0. The first-order chi connectivity index (χ1) is 6.15. The summed E-state index contributed by atoms with van der Waals surface area (Å²) in [7, 11) is 0. The summed E-state index contributed by atoms with van der Waals surface area (Å²) in [6.07, 6.45) is 2.79. The van der Waals surface area contributed by atoms with Gasteiger partial charge in [0.2, 0.25) is 0 Å². The minimum absolute atomic E-state index is 0.0632. The van der Waals surface area contributed by atoms with Gasteiger partial charge in [-0.3, -0.25) is 0 Å². The lowest BCUT2D eigenvalue weighted by Crippen LogP contribution is -2.06. The lowest BCUT2D eigenvalue weighted by Gasteiger charge is -1.98. The van der Waals surface area contributed by atoms with E-state index in [1.54, 1.807) is 13.0 Å². The lowest BCUT2D eigenvalue weighted by atomic mass is 10.2. The van der Waals surface area contributed by atoms with Crippen LogP contribution in [0.15, 0.2) is 36.5 Å². The molecule has 0 saturated carbocycles. The number of esters is 1. The summed E-state index contributed by atoms with van der Waals surface area (Å²) in [5.41, 5.74) is 0.441. The first kappa shape index (κ1) is 11.2. The van der Waals surface area contributed by atoms with Crippen LogP contribution in [0.25, 0.3) is 0 Å². The van der Waals surface area contributed by atoms with Gasteiger partial charge in [0.15, 0.2) is 0 Å². The molecule has 13 heavy (non-hydrogen) atoms. The molecule has 0 aliphatic rings. The standard InChI is InChI=1S/C10H11NO2/c1-4-8(3)6-9(7-11)10(12)13-5-2/h4,6H,1,3,5H2,2H3. The highest BCUT2D eigenvalue weighted by molar-refractivity contribution is 5.93. The van der Waals surface area contributed by atoms with Gasteiger partial charge in [-0.05, 0) is 18.6 Å². The summed E-state index contributed by atoms with van der Waals surface area (Å²) in [6.45, 7) is 8.92. The highest BCUT2D eigenvalue weighted by Crippen LogP contribution is 2.02. The molecular formula is C10H11NO2. The van der Waals surface area contributed by atoms with Crippen LogP contribution < -0.4 is 0 Å². The molecule has 0 saturated heterocycles. The number of rotatable bonds is 4. The maximum Gasteiger partial charge on any atom is 0.348 e. The number of hydrogen-bond acceptors (Lipinski definition) is 3. The molecule has 0 atom stereocenters. The largest absolute Gasteiger partial charge is 0.462 e. The normalized spacial score (nSPS) is 10.0. The predicted octanol–water partition coefficient (Wildman–Crippen LogP) is 1.74. The molecule has 0 aromatic carbocycles. The van der Waals surface area contributed by atoms with Crippen LogP contribution in [-0.2, 0) is 9.53 Å². The van der Waals surface area contributed by atoms with E-state index in [9.17, 15) is 4.79 Å². The maximum absolute atomic E-state index is 11.0. The van der Waals surface area contributed by atoms with Crippen LogP contribution in [0.4, 0.5) is 0 Å². The molecule has 68 valence electrons. The maximum atomic E-state index is 11.0. The van der Waals surface area contributed by atoms with Crippen molar-refractivity contribution in [1.82, 2.24) is 0 Å². The molecule has 0 bridgehead atoms. The zero-order valence-corrected chi connectivity index (χ0v) is 7.54. The van der Waals surface area contributed by atoms with E-state index in [-0.39, 0.29) is 12.2 Å². The smallest absolute Gasteiger partial charge is 0.348 e. The molecule has 0 fully saturated rings. The van der Waals surface area contributed by atoms with E-state index in [1.807, 2.05) is 0 Å². The molecule has 3 nitrogen and oxygen atoms in total. The molecule has 0 aliphatic carbocycles. The van der Waals surface area contributed by atoms with Gasteiger partial charge in [-0.1, -0.05) is 19.2 Å². The Hall–Kier alpha value is -1.82. The Morgan fingerprint density at radius 3 is 2.69 bits per heavy atom. The minimum Gasteiger partial charge on any atom is -0.462 e. The second-order valence-electron chi connectivity index (χ2n) is 2.17. The molecule has 0 amide bonds. The Balaban J connectivity index is 4.61. The number of nitriles is 1. The third-order valence-corrected chi connectivity index (χ3v) is 1.21. The van der Waals surface area contributed by atoms with Crippen molar-refractivity contribution in [1.29, 1.82) is 5.26 Å². The summed E-state index contributed by atoms with van der Waals surface area (Å²) in [5, 5.41) is 8.57. The average Bonchev–Trinajstić information content (AvgIpc) is 2.14. The highest BCUT2D eigenvalue weighted by Gasteiger charge is 2.08.